The van der Waals surface area contributed by atoms with Crippen LogP contribution in [0.1, 0.15) is 13.8 Å². The Morgan fingerprint density at radius 3 is 2.65 bits per heavy atom. The first-order valence-electron chi connectivity index (χ1n) is 5.91. The van der Waals surface area contributed by atoms with E-state index in [1.165, 1.54) is 14.0 Å². The Kier molecular flexibility index (Phi) is 6.30. The summed E-state index contributed by atoms with van der Waals surface area (Å²) in [6.45, 7) is 3.10. The Balaban J connectivity index is 3.02. The normalized spacial score (nSPS) is 12.2. The van der Waals surface area contributed by atoms with Crippen LogP contribution in [0, 0.1) is 0 Å². The lowest BCUT2D eigenvalue weighted by molar-refractivity contribution is -0.147. The van der Waals surface area contributed by atoms with Crippen molar-refractivity contribution in [3.05, 3.63) is 22.7 Å². The van der Waals surface area contributed by atoms with Gasteiger partial charge in [-0.15, -0.1) is 0 Å². The number of Topliss-reactive ketones (excluding diaryl/α,β-unsaturated/α-hetero) is 1. The molecule has 1 unspecified atom stereocenters. The van der Waals surface area contributed by atoms with Crippen LogP contribution >= 0.6 is 15.9 Å². The van der Waals surface area contributed by atoms with Crippen molar-refractivity contribution in [3.63, 3.8) is 0 Å². The van der Waals surface area contributed by atoms with E-state index in [2.05, 4.69) is 26.2 Å². The summed E-state index contributed by atoms with van der Waals surface area (Å²) < 4.78 is 10.7. The second kappa shape index (κ2) is 7.74. The third-order valence-electron chi connectivity index (χ3n) is 2.33. The number of hydrogen-bond donors (Lipinski definition) is 0. The van der Waals surface area contributed by atoms with Gasteiger partial charge in [0, 0.05) is 0 Å². The second-order valence-corrected chi connectivity index (χ2v) is 4.63. The van der Waals surface area contributed by atoms with E-state index >= 15 is 0 Å². The van der Waals surface area contributed by atoms with Gasteiger partial charge in [0.05, 0.1) is 18.2 Å². The van der Waals surface area contributed by atoms with E-state index in [0.29, 0.717) is 15.9 Å². The first-order chi connectivity index (χ1) is 9.51. The van der Waals surface area contributed by atoms with Crippen molar-refractivity contribution in [1.82, 2.24) is 0 Å². The Hall–Kier alpha value is -1.76. The molecule has 0 aliphatic carbocycles. The second-order valence-electron chi connectivity index (χ2n) is 3.77. The van der Waals surface area contributed by atoms with Crippen LogP contribution in [-0.4, -0.2) is 31.5 Å². The van der Waals surface area contributed by atoms with Crippen molar-refractivity contribution in [2.45, 2.75) is 19.9 Å². The van der Waals surface area contributed by atoms with Crippen LogP contribution in [0.15, 0.2) is 32.9 Å². The number of hydrogen-bond acceptors (Lipinski definition) is 6. The molecule has 1 aromatic carbocycles. The van der Waals surface area contributed by atoms with Gasteiger partial charge in [0.25, 0.3) is 0 Å². The molecule has 1 aromatic rings. The van der Waals surface area contributed by atoms with Gasteiger partial charge in [0.2, 0.25) is 6.04 Å². The van der Waals surface area contributed by atoms with Gasteiger partial charge in [0.1, 0.15) is 5.69 Å². The van der Waals surface area contributed by atoms with Gasteiger partial charge in [-0.25, -0.2) is 4.79 Å². The van der Waals surface area contributed by atoms with Crippen LogP contribution in [0.4, 0.5) is 5.69 Å². The minimum absolute atomic E-state index is 0.179. The number of esters is 1. The molecule has 0 N–H and O–H groups in total. The molecule has 1 atom stereocenters. The van der Waals surface area contributed by atoms with Crippen LogP contribution in [0.25, 0.3) is 0 Å². The van der Waals surface area contributed by atoms with E-state index in [-0.39, 0.29) is 6.61 Å². The standard InChI is InChI=1S/C13H15BrN2O4/c1-4-20-13(18)11(8(2)17)16-15-10-7-5-6-9(14)12(10)19-3/h5-7,11H,4H2,1-3H3. The highest BCUT2D eigenvalue weighted by atomic mass is 79.9. The maximum atomic E-state index is 11.6. The first-order valence-corrected chi connectivity index (χ1v) is 6.71. The molecular formula is C13H15BrN2O4. The molecule has 20 heavy (non-hydrogen) atoms. The SMILES string of the molecule is CCOC(=O)C(N=Nc1cccc(Br)c1OC)C(C)=O. The molecule has 0 spiro atoms. The van der Waals surface area contributed by atoms with Gasteiger partial charge in [-0.1, -0.05) is 6.07 Å². The Morgan fingerprint density at radius 1 is 1.40 bits per heavy atom. The van der Waals surface area contributed by atoms with E-state index in [1.54, 1.807) is 25.1 Å². The van der Waals surface area contributed by atoms with E-state index in [0.717, 1.165) is 0 Å². The summed E-state index contributed by atoms with van der Waals surface area (Å²) in [4.78, 5) is 23.0. The fraction of sp³-hybridized carbons (Fsp3) is 0.385. The molecule has 0 amide bonds. The minimum Gasteiger partial charge on any atom is -0.493 e. The third-order valence-corrected chi connectivity index (χ3v) is 2.95. The Bertz CT molecular complexity index is 531. The Morgan fingerprint density at radius 2 is 2.10 bits per heavy atom. The summed E-state index contributed by atoms with van der Waals surface area (Å²) in [7, 11) is 1.49. The monoisotopic (exact) mass is 342 g/mol. The number of azo groups is 1. The smallest absolute Gasteiger partial charge is 0.340 e. The molecule has 1 rings (SSSR count). The van der Waals surface area contributed by atoms with Crippen LogP contribution in [0.3, 0.4) is 0 Å². The van der Waals surface area contributed by atoms with Gasteiger partial charge in [-0.3, -0.25) is 4.79 Å². The average molecular weight is 343 g/mol. The van der Waals surface area contributed by atoms with Gasteiger partial charge >= 0.3 is 5.97 Å². The highest BCUT2D eigenvalue weighted by molar-refractivity contribution is 9.10. The van der Waals surface area contributed by atoms with Crippen molar-refractivity contribution >= 4 is 33.4 Å². The Labute approximate surface area is 125 Å². The number of ether oxygens (including phenoxy) is 2. The fourth-order valence-corrected chi connectivity index (χ4v) is 1.93. The number of carbonyl (C=O) groups is 2. The molecule has 6 nitrogen and oxygen atoms in total. The topological polar surface area (TPSA) is 77.3 Å². The molecule has 0 aromatic heterocycles. The number of methoxy groups -OCH3 is 1. The average Bonchev–Trinajstić information content (AvgIpc) is 2.39. The summed E-state index contributed by atoms with van der Waals surface area (Å²) in [5.41, 5.74) is 0.414. The van der Waals surface area contributed by atoms with Gasteiger partial charge < -0.3 is 9.47 Å². The summed E-state index contributed by atoms with van der Waals surface area (Å²) in [5, 5.41) is 7.67. The van der Waals surface area contributed by atoms with Crippen molar-refractivity contribution in [2.24, 2.45) is 10.2 Å². The number of para-hydroxylation sites is 1. The molecule has 0 aliphatic heterocycles. The van der Waals surface area contributed by atoms with Gasteiger partial charge in [0.15, 0.2) is 11.5 Å². The number of rotatable bonds is 6. The molecule has 0 heterocycles. The summed E-state index contributed by atoms with van der Waals surface area (Å²) in [5.74, 6) is -0.665. The number of nitrogens with zero attached hydrogens (tertiary/aromatic N) is 2. The predicted molar refractivity (Wildman–Crippen MR) is 76.3 cm³/mol. The predicted octanol–water partition coefficient (Wildman–Crippen LogP) is 3.06. The quantitative estimate of drug-likeness (QED) is 0.452. The zero-order valence-corrected chi connectivity index (χ0v) is 13.0. The largest absolute Gasteiger partial charge is 0.493 e. The molecule has 0 aliphatic rings. The maximum absolute atomic E-state index is 11.6. The molecule has 7 heteroatoms. The summed E-state index contributed by atoms with van der Waals surface area (Å²) >= 11 is 3.31. The number of carbonyl (C=O) groups excluding carboxylic acids is 2. The lowest BCUT2D eigenvalue weighted by Gasteiger charge is -2.08. The lowest BCUT2D eigenvalue weighted by atomic mass is 10.2. The van der Waals surface area contributed by atoms with E-state index < -0.39 is 17.8 Å². The zero-order chi connectivity index (χ0) is 15.1. The summed E-state index contributed by atoms with van der Waals surface area (Å²) in [6.07, 6.45) is 0. The molecule has 108 valence electrons. The van der Waals surface area contributed by atoms with Gasteiger partial charge in [-0.2, -0.15) is 10.2 Å². The fourth-order valence-electron chi connectivity index (χ4n) is 1.41. The number of ketones is 1. The third kappa shape index (κ3) is 4.12. The van der Waals surface area contributed by atoms with Crippen molar-refractivity contribution in [3.8, 4) is 5.75 Å². The maximum Gasteiger partial charge on any atom is 0.340 e. The van der Waals surface area contributed by atoms with Crippen LogP contribution < -0.4 is 4.74 Å². The van der Waals surface area contributed by atoms with E-state index in [1.807, 2.05) is 0 Å². The minimum atomic E-state index is -1.25. The van der Waals surface area contributed by atoms with Crippen molar-refractivity contribution in [1.29, 1.82) is 0 Å². The molecule has 0 saturated heterocycles. The van der Waals surface area contributed by atoms with Crippen molar-refractivity contribution < 1.29 is 19.1 Å². The van der Waals surface area contributed by atoms with E-state index in [4.69, 9.17) is 9.47 Å². The van der Waals surface area contributed by atoms with Crippen LogP contribution in [0.5, 0.6) is 5.75 Å². The number of halogens is 1. The molecule has 0 saturated carbocycles. The molecule has 0 radical (unpaired) electrons. The summed E-state index contributed by atoms with van der Waals surface area (Å²) in [6, 6.07) is 3.94. The first kappa shape index (κ1) is 16.3. The van der Waals surface area contributed by atoms with Crippen molar-refractivity contribution in [2.75, 3.05) is 13.7 Å². The molecule has 0 bridgehead atoms. The molecular weight excluding hydrogens is 328 g/mol. The van der Waals surface area contributed by atoms with Crippen LogP contribution in [-0.2, 0) is 14.3 Å². The number of benzene rings is 1. The highest BCUT2D eigenvalue weighted by Crippen LogP contribution is 2.35. The lowest BCUT2D eigenvalue weighted by Crippen LogP contribution is -2.28. The van der Waals surface area contributed by atoms with Gasteiger partial charge in [-0.05, 0) is 41.9 Å². The zero-order valence-electron chi connectivity index (χ0n) is 11.4. The highest BCUT2D eigenvalue weighted by Gasteiger charge is 2.24. The molecule has 0 fully saturated rings. The van der Waals surface area contributed by atoms with Crippen LogP contribution in [0.2, 0.25) is 0 Å². The van der Waals surface area contributed by atoms with E-state index in [9.17, 15) is 9.59 Å².